The Hall–Kier alpha value is -4.57. The lowest BCUT2D eigenvalue weighted by atomic mass is 9.70. The summed E-state index contributed by atoms with van der Waals surface area (Å²) in [6, 6.07) is 30.2. The molecule has 0 aromatic heterocycles. The van der Waals surface area contributed by atoms with E-state index in [2.05, 4.69) is 29.1 Å². The van der Waals surface area contributed by atoms with E-state index in [1.54, 1.807) is 22.0 Å². The third-order valence-electron chi connectivity index (χ3n) is 10.2. The van der Waals surface area contributed by atoms with Gasteiger partial charge in [0.1, 0.15) is 11.6 Å². The average molecular weight is 721 g/mol. The lowest BCUT2D eigenvalue weighted by molar-refractivity contribution is -0.144. The number of likely N-dealkylation sites (tertiary alicyclic amines) is 1. The largest absolute Gasteiger partial charge is 0.394 e. The molecular formula is C40H38BrN3O5. The van der Waals surface area contributed by atoms with Crippen LogP contribution in [0.1, 0.15) is 18.0 Å². The minimum atomic E-state index is -1.33. The highest BCUT2D eigenvalue weighted by atomic mass is 79.9. The van der Waals surface area contributed by atoms with Crippen LogP contribution in [-0.2, 0) is 19.1 Å². The zero-order valence-electron chi connectivity index (χ0n) is 27.0. The van der Waals surface area contributed by atoms with Crippen LogP contribution >= 0.6 is 15.9 Å². The van der Waals surface area contributed by atoms with Gasteiger partial charge in [0.05, 0.1) is 30.6 Å². The Bertz CT molecular complexity index is 1900. The van der Waals surface area contributed by atoms with Gasteiger partial charge in [-0.1, -0.05) is 107 Å². The fourth-order valence-corrected chi connectivity index (χ4v) is 9.12. The van der Waals surface area contributed by atoms with Crippen LogP contribution in [0.5, 0.6) is 0 Å². The first-order valence-electron chi connectivity index (χ1n) is 16.5. The molecule has 8 nitrogen and oxygen atoms in total. The van der Waals surface area contributed by atoms with Gasteiger partial charge in [-0.05, 0) is 47.0 Å². The molecule has 1 spiro atoms. The van der Waals surface area contributed by atoms with Crippen LogP contribution in [0.2, 0.25) is 0 Å². The van der Waals surface area contributed by atoms with Crippen LogP contribution in [0.25, 0.3) is 10.8 Å². The fraction of sp³-hybridized carbons (Fsp3) is 0.275. The summed E-state index contributed by atoms with van der Waals surface area (Å²) in [5, 5.41) is 12.9. The first-order valence-corrected chi connectivity index (χ1v) is 17.4. The number of hydrogen-bond donors (Lipinski definition) is 1. The molecule has 7 rings (SSSR count). The molecule has 1 N–H and O–H groups in total. The molecule has 3 amide bonds. The molecule has 9 heteroatoms. The molecule has 3 aliphatic heterocycles. The third-order valence-corrected chi connectivity index (χ3v) is 11.1. The van der Waals surface area contributed by atoms with Gasteiger partial charge >= 0.3 is 0 Å². The number of anilines is 2. The normalized spacial score (nSPS) is 26.0. The van der Waals surface area contributed by atoms with Crippen molar-refractivity contribution < 1.29 is 24.2 Å². The monoisotopic (exact) mass is 719 g/mol. The lowest BCUT2D eigenvalue weighted by Gasteiger charge is -2.39. The quantitative estimate of drug-likeness (QED) is 0.150. The van der Waals surface area contributed by atoms with Crippen molar-refractivity contribution >= 4 is 55.8 Å². The molecule has 4 aromatic rings. The standard InChI is InChI=1S/C40H38BrN3O5/c1-3-21-42(29-17-9-6-10-18-29)37(46)33-34-38(47)44(32(25-45)27-14-7-5-8-15-27)36(40(34)24-31(41)35(33)49-40)39(48)43(22-4-2)30-20-19-26-13-11-12-16-28(26)23-30/h3-20,23,31-36,45H,1-2,21-22,24-25H2/t31?,32-,33+,34+,35+,36?,40?/m1/s1. The third kappa shape index (κ3) is 5.41. The second-order valence-corrected chi connectivity index (χ2v) is 14.0. The lowest BCUT2D eigenvalue weighted by Crippen LogP contribution is -2.58. The summed E-state index contributed by atoms with van der Waals surface area (Å²) in [6.07, 6.45) is 3.00. The summed E-state index contributed by atoms with van der Waals surface area (Å²) >= 11 is 3.80. The number of amides is 3. The number of carbonyl (C=O) groups excluding carboxylic acids is 3. The Balaban J connectivity index is 1.37. The van der Waals surface area contributed by atoms with Crippen molar-refractivity contribution in [2.75, 3.05) is 29.5 Å². The molecule has 3 saturated heterocycles. The molecule has 0 radical (unpaired) electrons. The molecule has 2 bridgehead atoms. The number of alkyl halides is 1. The second kappa shape index (κ2) is 13.4. The Kier molecular flexibility index (Phi) is 9.00. The van der Waals surface area contributed by atoms with E-state index in [0.29, 0.717) is 23.4 Å². The van der Waals surface area contributed by atoms with Gasteiger partial charge < -0.3 is 24.5 Å². The highest BCUT2D eigenvalue weighted by Gasteiger charge is 2.77. The number of benzene rings is 4. The second-order valence-electron chi connectivity index (χ2n) is 12.9. The number of hydrogen-bond acceptors (Lipinski definition) is 5. The van der Waals surface area contributed by atoms with Gasteiger partial charge in [0, 0.05) is 29.3 Å². The van der Waals surface area contributed by atoms with E-state index in [9.17, 15) is 9.90 Å². The molecule has 250 valence electrons. The number of rotatable bonds is 11. The maximum Gasteiger partial charge on any atom is 0.253 e. The number of halogens is 1. The summed E-state index contributed by atoms with van der Waals surface area (Å²) in [4.78, 5) is 49.4. The Labute approximate surface area is 294 Å². The van der Waals surface area contributed by atoms with Crippen molar-refractivity contribution in [3.63, 3.8) is 0 Å². The number of nitrogens with zero attached hydrogens (tertiary/aromatic N) is 3. The summed E-state index contributed by atoms with van der Waals surface area (Å²) in [6.45, 7) is 7.81. The van der Waals surface area contributed by atoms with Gasteiger partial charge in [0.2, 0.25) is 11.8 Å². The van der Waals surface area contributed by atoms with Crippen LogP contribution in [0.3, 0.4) is 0 Å². The molecule has 4 aromatic carbocycles. The molecule has 3 heterocycles. The number of fused-ring (bicyclic) bond motifs is 2. The maximum atomic E-state index is 15.2. The number of ether oxygens (including phenoxy) is 1. The predicted octanol–water partition coefficient (Wildman–Crippen LogP) is 6.06. The Morgan fingerprint density at radius 2 is 1.49 bits per heavy atom. The van der Waals surface area contributed by atoms with E-state index >= 15 is 9.59 Å². The first-order chi connectivity index (χ1) is 23.8. The molecule has 7 atom stereocenters. The zero-order valence-corrected chi connectivity index (χ0v) is 28.6. The summed E-state index contributed by atoms with van der Waals surface area (Å²) in [7, 11) is 0. The fourth-order valence-electron chi connectivity index (χ4n) is 8.18. The SMILES string of the molecule is C=CCN(C(=O)C1N([C@H](CO)c2ccccc2)C(=O)[C@@H]2[C@H](C(=O)N(CC=C)c3ccccc3)[C@H]3OC12CC3Br)c1ccc2ccccc2c1. The van der Waals surface area contributed by atoms with E-state index in [1.165, 1.54) is 4.90 Å². The Morgan fingerprint density at radius 3 is 2.14 bits per heavy atom. The number of aliphatic hydroxyl groups excluding tert-OH is 1. The van der Waals surface area contributed by atoms with Crippen molar-refractivity contribution in [1.82, 2.24) is 4.90 Å². The zero-order chi connectivity index (χ0) is 34.3. The van der Waals surface area contributed by atoms with Crippen LogP contribution in [0, 0.1) is 11.8 Å². The van der Waals surface area contributed by atoms with Crippen molar-refractivity contribution in [3.05, 3.63) is 134 Å². The molecule has 3 aliphatic rings. The highest BCUT2D eigenvalue weighted by molar-refractivity contribution is 9.09. The summed E-state index contributed by atoms with van der Waals surface area (Å²) in [5.41, 5.74) is 0.672. The average Bonchev–Trinajstić information content (AvgIpc) is 3.73. The number of para-hydroxylation sites is 1. The molecule has 0 saturated carbocycles. The molecule has 0 aliphatic carbocycles. The predicted molar refractivity (Wildman–Crippen MR) is 194 cm³/mol. The van der Waals surface area contributed by atoms with Crippen molar-refractivity contribution in [2.24, 2.45) is 11.8 Å². The minimum absolute atomic E-state index is 0.177. The van der Waals surface area contributed by atoms with Crippen molar-refractivity contribution in [1.29, 1.82) is 0 Å². The molecular weight excluding hydrogens is 682 g/mol. The van der Waals surface area contributed by atoms with Gasteiger partial charge in [-0.25, -0.2) is 0 Å². The molecule has 3 fully saturated rings. The number of carbonyl (C=O) groups is 3. The molecule has 3 unspecified atom stereocenters. The first kappa shape index (κ1) is 33.0. The van der Waals surface area contributed by atoms with Gasteiger partial charge in [-0.2, -0.15) is 0 Å². The van der Waals surface area contributed by atoms with Crippen LogP contribution in [0.4, 0.5) is 11.4 Å². The summed E-state index contributed by atoms with van der Waals surface area (Å²) < 4.78 is 6.86. The maximum absolute atomic E-state index is 15.2. The van der Waals surface area contributed by atoms with Gasteiger partial charge in [0.15, 0.2) is 0 Å². The topological polar surface area (TPSA) is 90.4 Å². The van der Waals surface area contributed by atoms with Gasteiger partial charge in [-0.3, -0.25) is 14.4 Å². The minimum Gasteiger partial charge on any atom is -0.394 e. The highest BCUT2D eigenvalue weighted by Crippen LogP contribution is 2.61. The molecule has 49 heavy (non-hydrogen) atoms. The van der Waals surface area contributed by atoms with Crippen LogP contribution in [-0.4, -0.2) is 70.0 Å². The van der Waals surface area contributed by atoms with Crippen molar-refractivity contribution in [2.45, 2.75) is 35.0 Å². The number of aliphatic hydroxyl groups is 1. The summed E-state index contributed by atoms with van der Waals surface area (Å²) in [5.74, 6) is -2.85. The van der Waals surface area contributed by atoms with E-state index in [0.717, 1.165) is 10.8 Å². The van der Waals surface area contributed by atoms with Gasteiger partial charge in [0.25, 0.3) is 5.91 Å². The smallest absolute Gasteiger partial charge is 0.253 e. The van der Waals surface area contributed by atoms with E-state index in [1.807, 2.05) is 103 Å². The van der Waals surface area contributed by atoms with E-state index < -0.39 is 42.2 Å². The van der Waals surface area contributed by atoms with Crippen LogP contribution in [0.15, 0.2) is 128 Å². The van der Waals surface area contributed by atoms with Crippen molar-refractivity contribution in [3.8, 4) is 0 Å². The van der Waals surface area contributed by atoms with E-state index in [4.69, 9.17) is 4.74 Å². The van der Waals surface area contributed by atoms with E-state index in [-0.39, 0.29) is 35.6 Å². The van der Waals surface area contributed by atoms with Crippen LogP contribution < -0.4 is 9.80 Å². The van der Waals surface area contributed by atoms with Gasteiger partial charge in [-0.15, -0.1) is 13.2 Å². The Morgan fingerprint density at radius 1 is 0.878 bits per heavy atom.